The molecule has 1 aromatic rings. The average molecular weight is 235 g/mol. The van der Waals surface area contributed by atoms with Crippen LogP contribution in [0.15, 0.2) is 30.3 Å². The summed E-state index contributed by atoms with van der Waals surface area (Å²) in [4.78, 5) is 14.0. The number of carbonyl (C=O) groups is 1. The molecular weight excluding hydrogens is 218 g/mol. The fourth-order valence-corrected chi connectivity index (χ4v) is 3.44. The second-order valence-electron chi connectivity index (χ2n) is 4.38. The molecule has 2 rings (SSSR count). The van der Waals surface area contributed by atoms with Crippen molar-refractivity contribution in [2.45, 2.75) is 37.4 Å². The monoisotopic (exact) mass is 235 g/mol. The smallest absolute Gasteiger partial charge is 0.236 e. The SMILES string of the molecule is CC(C)N1C(=O)[C@@H](C)S[C@@H]1c1ccccc1. The van der Waals surface area contributed by atoms with Gasteiger partial charge in [-0.15, -0.1) is 11.8 Å². The van der Waals surface area contributed by atoms with Crippen LogP contribution in [-0.4, -0.2) is 22.1 Å². The van der Waals surface area contributed by atoms with Gasteiger partial charge < -0.3 is 4.90 Å². The minimum absolute atomic E-state index is 0.0765. The van der Waals surface area contributed by atoms with Gasteiger partial charge in [-0.3, -0.25) is 4.79 Å². The summed E-state index contributed by atoms with van der Waals surface area (Å²) in [6.07, 6.45) is 0. The molecule has 1 fully saturated rings. The van der Waals surface area contributed by atoms with E-state index in [1.54, 1.807) is 11.8 Å². The Kier molecular flexibility index (Phi) is 3.24. The fraction of sp³-hybridized carbons (Fsp3) is 0.462. The van der Waals surface area contributed by atoms with Gasteiger partial charge in [0.25, 0.3) is 0 Å². The van der Waals surface area contributed by atoms with Crippen LogP contribution in [0.1, 0.15) is 31.7 Å². The van der Waals surface area contributed by atoms with Crippen LogP contribution < -0.4 is 0 Å². The molecule has 1 aromatic carbocycles. The first kappa shape index (κ1) is 11.5. The highest BCUT2D eigenvalue weighted by molar-refractivity contribution is 8.01. The molecule has 1 saturated heterocycles. The maximum atomic E-state index is 12.0. The van der Waals surface area contributed by atoms with Gasteiger partial charge in [-0.25, -0.2) is 0 Å². The Morgan fingerprint density at radius 1 is 1.25 bits per heavy atom. The largest absolute Gasteiger partial charge is 0.323 e. The maximum absolute atomic E-state index is 12.0. The molecule has 16 heavy (non-hydrogen) atoms. The van der Waals surface area contributed by atoms with Crippen LogP contribution in [0.4, 0.5) is 0 Å². The predicted molar refractivity (Wildman–Crippen MR) is 68.2 cm³/mol. The van der Waals surface area contributed by atoms with Crippen molar-refractivity contribution in [2.75, 3.05) is 0 Å². The number of thioether (sulfide) groups is 1. The topological polar surface area (TPSA) is 20.3 Å². The third-order valence-electron chi connectivity index (χ3n) is 2.83. The lowest BCUT2D eigenvalue weighted by Gasteiger charge is -2.27. The molecule has 1 amide bonds. The van der Waals surface area contributed by atoms with E-state index in [9.17, 15) is 4.79 Å². The van der Waals surface area contributed by atoms with Gasteiger partial charge in [0, 0.05) is 6.04 Å². The summed E-state index contributed by atoms with van der Waals surface area (Å²) in [6, 6.07) is 10.5. The molecule has 1 aliphatic rings. The second-order valence-corrected chi connectivity index (χ2v) is 5.81. The van der Waals surface area contributed by atoms with Crippen LogP contribution in [0.2, 0.25) is 0 Å². The van der Waals surface area contributed by atoms with Crippen molar-refractivity contribution < 1.29 is 4.79 Å². The summed E-state index contributed by atoms with van der Waals surface area (Å²) in [7, 11) is 0. The van der Waals surface area contributed by atoms with Crippen molar-refractivity contribution in [1.82, 2.24) is 4.90 Å². The third-order valence-corrected chi connectivity index (χ3v) is 4.20. The summed E-state index contributed by atoms with van der Waals surface area (Å²) in [6.45, 7) is 6.14. The average Bonchev–Trinajstić information content (AvgIpc) is 2.57. The van der Waals surface area contributed by atoms with Gasteiger partial charge in [0.15, 0.2) is 0 Å². The summed E-state index contributed by atoms with van der Waals surface area (Å²) < 4.78 is 0. The zero-order valence-electron chi connectivity index (χ0n) is 9.88. The Morgan fingerprint density at radius 3 is 2.44 bits per heavy atom. The van der Waals surface area contributed by atoms with Gasteiger partial charge in [-0.1, -0.05) is 30.3 Å². The van der Waals surface area contributed by atoms with Crippen LogP contribution in [0.25, 0.3) is 0 Å². The van der Waals surface area contributed by atoms with Gasteiger partial charge in [0.2, 0.25) is 5.91 Å². The van der Waals surface area contributed by atoms with E-state index in [0.717, 1.165) is 0 Å². The lowest BCUT2D eigenvalue weighted by Crippen LogP contribution is -2.36. The minimum atomic E-state index is 0.0765. The van der Waals surface area contributed by atoms with Crippen LogP contribution in [-0.2, 0) is 4.79 Å². The zero-order valence-corrected chi connectivity index (χ0v) is 10.7. The first-order chi connectivity index (χ1) is 7.61. The Balaban J connectivity index is 2.31. The van der Waals surface area contributed by atoms with E-state index < -0.39 is 0 Å². The highest BCUT2D eigenvalue weighted by Crippen LogP contribution is 2.43. The molecular formula is C13H17NOS. The van der Waals surface area contributed by atoms with E-state index in [1.165, 1.54) is 5.56 Å². The van der Waals surface area contributed by atoms with Crippen molar-refractivity contribution in [2.24, 2.45) is 0 Å². The fourth-order valence-electron chi connectivity index (χ4n) is 2.02. The number of nitrogens with zero attached hydrogens (tertiary/aromatic N) is 1. The number of hydrogen-bond donors (Lipinski definition) is 0. The normalized spacial score (nSPS) is 25.5. The molecule has 2 atom stereocenters. The van der Waals surface area contributed by atoms with Crippen molar-refractivity contribution in [3.8, 4) is 0 Å². The number of carbonyl (C=O) groups excluding carboxylic acids is 1. The molecule has 0 radical (unpaired) electrons. The summed E-state index contributed by atoms with van der Waals surface area (Å²) in [5, 5.41) is 0.260. The van der Waals surface area contributed by atoms with Crippen molar-refractivity contribution in [1.29, 1.82) is 0 Å². The Labute approximate surface area is 101 Å². The van der Waals surface area contributed by atoms with Crippen LogP contribution in [0.3, 0.4) is 0 Å². The van der Waals surface area contributed by atoms with Crippen LogP contribution in [0.5, 0.6) is 0 Å². The minimum Gasteiger partial charge on any atom is -0.323 e. The van der Waals surface area contributed by atoms with Gasteiger partial charge in [-0.05, 0) is 26.3 Å². The first-order valence-electron chi connectivity index (χ1n) is 5.64. The van der Waals surface area contributed by atoms with E-state index in [2.05, 4.69) is 26.0 Å². The van der Waals surface area contributed by atoms with Crippen molar-refractivity contribution in [3.63, 3.8) is 0 Å². The van der Waals surface area contributed by atoms with Gasteiger partial charge in [0.1, 0.15) is 5.37 Å². The highest BCUT2D eigenvalue weighted by Gasteiger charge is 2.39. The summed E-state index contributed by atoms with van der Waals surface area (Å²) in [5.41, 5.74) is 1.22. The predicted octanol–water partition coefficient (Wildman–Crippen LogP) is 3.06. The van der Waals surface area contributed by atoms with Gasteiger partial charge in [0.05, 0.1) is 5.25 Å². The molecule has 1 aliphatic heterocycles. The van der Waals surface area contributed by atoms with Crippen LogP contribution >= 0.6 is 11.8 Å². The lowest BCUT2D eigenvalue weighted by atomic mass is 10.2. The van der Waals surface area contributed by atoms with E-state index in [1.807, 2.05) is 30.0 Å². The molecule has 0 saturated carbocycles. The molecule has 0 N–H and O–H groups in total. The van der Waals surface area contributed by atoms with Gasteiger partial charge in [-0.2, -0.15) is 0 Å². The third kappa shape index (κ3) is 1.96. The second kappa shape index (κ2) is 4.50. The van der Waals surface area contributed by atoms with Crippen LogP contribution in [0, 0.1) is 0 Å². The summed E-state index contributed by atoms with van der Waals surface area (Å²) in [5.74, 6) is 0.258. The molecule has 0 bridgehead atoms. The quantitative estimate of drug-likeness (QED) is 0.785. The lowest BCUT2D eigenvalue weighted by molar-refractivity contribution is -0.131. The Bertz CT molecular complexity index is 377. The number of amides is 1. The molecule has 86 valence electrons. The molecule has 0 spiro atoms. The van der Waals surface area contributed by atoms with Gasteiger partial charge >= 0.3 is 0 Å². The molecule has 0 aliphatic carbocycles. The Morgan fingerprint density at radius 2 is 1.88 bits per heavy atom. The van der Waals surface area contributed by atoms with E-state index in [4.69, 9.17) is 0 Å². The standard InChI is InChI=1S/C13H17NOS/c1-9(2)14-12(15)10(3)16-13(14)11-7-5-4-6-8-11/h4-10,13H,1-3H3/t10-,13-/m1/s1. The Hall–Kier alpha value is -0.960. The maximum Gasteiger partial charge on any atom is 0.236 e. The molecule has 1 heterocycles. The molecule has 0 unspecified atom stereocenters. The molecule has 3 heteroatoms. The highest BCUT2D eigenvalue weighted by atomic mass is 32.2. The van der Waals surface area contributed by atoms with E-state index >= 15 is 0 Å². The molecule has 2 nitrogen and oxygen atoms in total. The van der Waals surface area contributed by atoms with Crippen molar-refractivity contribution >= 4 is 17.7 Å². The molecule has 0 aromatic heterocycles. The number of benzene rings is 1. The van der Waals surface area contributed by atoms with Crippen molar-refractivity contribution in [3.05, 3.63) is 35.9 Å². The first-order valence-corrected chi connectivity index (χ1v) is 6.58. The zero-order chi connectivity index (χ0) is 11.7. The number of rotatable bonds is 2. The van der Waals surface area contributed by atoms with E-state index in [-0.39, 0.29) is 22.6 Å². The number of hydrogen-bond acceptors (Lipinski definition) is 2. The van der Waals surface area contributed by atoms with E-state index in [0.29, 0.717) is 0 Å². The summed E-state index contributed by atoms with van der Waals surface area (Å²) >= 11 is 1.74.